The SMILES string of the molecule is C=CC(=O)N1[C@H](C)CN(c2nc(=O)n3c4c(c(C5=CCC(F)(F)CC5)c(C(F)(F)F)cc24)SC[C@H](c2ccccn2)C3)C[C@@H]1C. The quantitative estimate of drug-likeness (QED) is 0.238. The maximum Gasteiger partial charge on any atom is 0.417 e. The van der Waals surface area contributed by atoms with Crippen LogP contribution in [-0.2, 0) is 17.5 Å². The minimum Gasteiger partial charge on any atom is -0.352 e. The van der Waals surface area contributed by atoms with Crippen LogP contribution in [0.25, 0.3) is 16.5 Å². The summed E-state index contributed by atoms with van der Waals surface area (Å²) in [5, 5.41) is 0.152. The molecular weight excluding hydrogens is 613 g/mol. The number of aromatic nitrogens is 3. The average Bonchev–Trinajstić information content (AvgIpc) is 3.19. The van der Waals surface area contributed by atoms with Gasteiger partial charge in [0.05, 0.1) is 11.1 Å². The minimum absolute atomic E-state index is 0.106. The lowest BCUT2D eigenvalue weighted by atomic mass is 9.87. The van der Waals surface area contributed by atoms with Gasteiger partial charge in [0.2, 0.25) is 5.91 Å². The van der Waals surface area contributed by atoms with Gasteiger partial charge in [-0.15, -0.1) is 11.8 Å². The van der Waals surface area contributed by atoms with Gasteiger partial charge in [-0.3, -0.25) is 14.3 Å². The molecule has 45 heavy (non-hydrogen) atoms. The van der Waals surface area contributed by atoms with E-state index < -0.39 is 36.2 Å². The van der Waals surface area contributed by atoms with E-state index >= 15 is 0 Å². The second-order valence-corrected chi connectivity index (χ2v) is 13.0. The largest absolute Gasteiger partial charge is 0.417 e. The van der Waals surface area contributed by atoms with Crippen molar-refractivity contribution in [3.8, 4) is 0 Å². The summed E-state index contributed by atoms with van der Waals surface area (Å²) >= 11 is 1.19. The standard InChI is InChI=1S/C32H32F5N5O2S/c1-4-25(43)42-18(2)14-40(15-19(42)3)29-22-13-23(32(35,36)37)26(20-8-10-31(33,34)11-9-20)28-27(22)41(30(44)39-29)16-21(17-45-28)24-7-5-6-12-38-24/h4-8,12-13,18-19,21H,1,9-11,14-17H2,2-3H3/t18-,19+,21-/m1/s1. The molecule has 6 rings (SSSR count). The Balaban J connectivity index is 1.60. The highest BCUT2D eigenvalue weighted by atomic mass is 32.2. The van der Waals surface area contributed by atoms with E-state index in [4.69, 9.17) is 0 Å². The highest BCUT2D eigenvalue weighted by Gasteiger charge is 2.41. The van der Waals surface area contributed by atoms with Crippen LogP contribution in [0.3, 0.4) is 0 Å². The Bertz CT molecular complexity index is 1740. The summed E-state index contributed by atoms with van der Waals surface area (Å²) in [5.41, 5.74) is -0.529. The Morgan fingerprint density at radius 2 is 1.89 bits per heavy atom. The Labute approximate surface area is 260 Å². The number of benzene rings is 1. The molecule has 1 aliphatic carbocycles. The van der Waals surface area contributed by atoms with Crippen LogP contribution in [0.4, 0.5) is 27.8 Å². The first kappa shape index (κ1) is 31.3. The van der Waals surface area contributed by atoms with Gasteiger partial charge in [-0.2, -0.15) is 18.2 Å². The normalized spacial score (nSPS) is 23.4. The minimum atomic E-state index is -4.82. The summed E-state index contributed by atoms with van der Waals surface area (Å²) < 4.78 is 74.6. The van der Waals surface area contributed by atoms with E-state index in [0.29, 0.717) is 17.0 Å². The molecule has 1 saturated heterocycles. The van der Waals surface area contributed by atoms with Crippen molar-refractivity contribution >= 4 is 40.0 Å². The lowest BCUT2D eigenvalue weighted by Crippen LogP contribution is -2.58. The van der Waals surface area contributed by atoms with Gasteiger partial charge in [0.1, 0.15) is 5.82 Å². The number of alkyl halides is 5. The van der Waals surface area contributed by atoms with Crippen molar-refractivity contribution in [1.82, 2.24) is 19.4 Å². The predicted octanol–water partition coefficient (Wildman–Crippen LogP) is 6.51. The summed E-state index contributed by atoms with van der Waals surface area (Å²) in [5.74, 6) is -3.15. The molecule has 4 heterocycles. The van der Waals surface area contributed by atoms with Crippen LogP contribution in [0.15, 0.2) is 58.9 Å². The van der Waals surface area contributed by atoms with Gasteiger partial charge in [-0.05, 0) is 50.1 Å². The maximum absolute atomic E-state index is 15.0. The fourth-order valence-electron chi connectivity index (χ4n) is 6.80. The Morgan fingerprint density at radius 1 is 1.16 bits per heavy atom. The van der Waals surface area contributed by atoms with Crippen molar-refractivity contribution < 1.29 is 26.7 Å². The van der Waals surface area contributed by atoms with Crippen molar-refractivity contribution in [2.45, 2.75) is 74.7 Å². The highest BCUT2D eigenvalue weighted by molar-refractivity contribution is 7.99. The monoisotopic (exact) mass is 645 g/mol. The fraction of sp³-hybridized carbons (Fsp3) is 0.438. The molecule has 1 amide bonds. The smallest absolute Gasteiger partial charge is 0.352 e. The topological polar surface area (TPSA) is 71.3 Å². The number of amides is 1. The first-order chi connectivity index (χ1) is 21.3. The number of rotatable bonds is 4. The van der Waals surface area contributed by atoms with E-state index in [-0.39, 0.29) is 77.2 Å². The maximum atomic E-state index is 15.0. The number of thioether (sulfide) groups is 1. The van der Waals surface area contributed by atoms with Gasteiger partial charge in [0.15, 0.2) is 0 Å². The number of hydrogen-bond donors (Lipinski definition) is 0. The highest BCUT2D eigenvalue weighted by Crippen LogP contribution is 2.50. The van der Waals surface area contributed by atoms with Gasteiger partial charge in [-0.25, -0.2) is 13.6 Å². The predicted molar refractivity (Wildman–Crippen MR) is 164 cm³/mol. The second kappa shape index (κ2) is 11.6. The Hall–Kier alpha value is -3.74. The molecule has 3 aromatic rings. The molecule has 238 valence electrons. The number of nitrogens with zero attached hydrogens (tertiary/aromatic N) is 5. The third-order valence-corrected chi connectivity index (χ3v) is 10.1. The van der Waals surface area contributed by atoms with Crippen LogP contribution in [0, 0.1) is 0 Å². The van der Waals surface area contributed by atoms with Gasteiger partial charge in [0.25, 0.3) is 5.92 Å². The van der Waals surface area contributed by atoms with Gasteiger partial charge < -0.3 is 9.80 Å². The summed E-state index contributed by atoms with van der Waals surface area (Å²) in [4.78, 5) is 38.9. The summed E-state index contributed by atoms with van der Waals surface area (Å²) in [7, 11) is 0. The fourth-order valence-corrected chi connectivity index (χ4v) is 8.18. The van der Waals surface area contributed by atoms with E-state index in [9.17, 15) is 31.5 Å². The zero-order valence-electron chi connectivity index (χ0n) is 24.8. The lowest BCUT2D eigenvalue weighted by Gasteiger charge is -2.44. The van der Waals surface area contributed by atoms with Crippen molar-refractivity contribution in [3.05, 3.63) is 76.5 Å². The first-order valence-corrected chi connectivity index (χ1v) is 15.8. The summed E-state index contributed by atoms with van der Waals surface area (Å²) in [6, 6.07) is 5.72. The Morgan fingerprint density at radius 3 is 2.49 bits per heavy atom. The van der Waals surface area contributed by atoms with Crippen molar-refractivity contribution in [3.63, 3.8) is 0 Å². The van der Waals surface area contributed by atoms with Crippen LogP contribution < -0.4 is 10.6 Å². The second-order valence-electron chi connectivity index (χ2n) is 12.0. The van der Waals surface area contributed by atoms with Crippen LogP contribution >= 0.6 is 11.8 Å². The Kier molecular flexibility index (Phi) is 8.03. The van der Waals surface area contributed by atoms with E-state index in [1.54, 1.807) is 22.1 Å². The lowest BCUT2D eigenvalue weighted by molar-refractivity contribution is -0.138. The van der Waals surface area contributed by atoms with Crippen LogP contribution in [0.2, 0.25) is 0 Å². The molecule has 0 saturated carbocycles. The number of carbonyl (C=O) groups is 1. The number of anilines is 1. The van der Waals surface area contributed by atoms with E-state index in [0.717, 1.165) is 6.07 Å². The first-order valence-electron chi connectivity index (χ1n) is 14.8. The van der Waals surface area contributed by atoms with Gasteiger partial charge >= 0.3 is 11.9 Å². The molecule has 13 heteroatoms. The molecule has 3 atom stereocenters. The zero-order valence-corrected chi connectivity index (χ0v) is 25.6. The molecule has 0 unspecified atom stereocenters. The van der Waals surface area contributed by atoms with E-state index in [2.05, 4.69) is 16.5 Å². The molecule has 1 fully saturated rings. The van der Waals surface area contributed by atoms with Gasteiger partial charge in [-0.1, -0.05) is 18.7 Å². The third kappa shape index (κ3) is 5.75. The van der Waals surface area contributed by atoms with E-state index in [1.165, 1.54) is 28.5 Å². The number of pyridine rings is 1. The van der Waals surface area contributed by atoms with Crippen LogP contribution in [0.5, 0.6) is 0 Å². The molecule has 3 aliphatic rings. The molecule has 1 aromatic carbocycles. The van der Waals surface area contributed by atoms with Crippen molar-refractivity contribution in [2.24, 2.45) is 0 Å². The number of hydrogen-bond acceptors (Lipinski definition) is 6. The zero-order chi connectivity index (χ0) is 32.3. The third-order valence-electron chi connectivity index (χ3n) is 8.82. The molecule has 0 radical (unpaired) electrons. The molecule has 0 bridgehead atoms. The number of piperazine rings is 1. The molecular formula is C32H32F5N5O2S. The number of allylic oxidation sites excluding steroid dienone is 2. The average molecular weight is 646 g/mol. The molecule has 7 nitrogen and oxygen atoms in total. The summed E-state index contributed by atoms with van der Waals surface area (Å²) in [6.07, 6.45) is -2.21. The van der Waals surface area contributed by atoms with Crippen molar-refractivity contribution in [2.75, 3.05) is 23.7 Å². The van der Waals surface area contributed by atoms with Gasteiger partial charge in [0, 0.05) is 84.0 Å². The van der Waals surface area contributed by atoms with Crippen LogP contribution in [0.1, 0.15) is 55.8 Å². The molecule has 2 aromatic heterocycles. The molecule has 0 N–H and O–H groups in total. The molecule has 2 aliphatic heterocycles. The van der Waals surface area contributed by atoms with Crippen molar-refractivity contribution in [1.29, 1.82) is 0 Å². The van der Waals surface area contributed by atoms with E-state index in [1.807, 2.05) is 26.0 Å². The van der Waals surface area contributed by atoms with Crippen LogP contribution in [-0.4, -0.2) is 62.2 Å². The molecule has 0 spiro atoms. The summed E-state index contributed by atoms with van der Waals surface area (Å²) in [6.45, 7) is 7.82. The number of carbonyl (C=O) groups excluding carboxylic acids is 1. The number of halogens is 5.